The van der Waals surface area contributed by atoms with Crippen molar-refractivity contribution in [1.82, 2.24) is 10.2 Å². The van der Waals surface area contributed by atoms with Gasteiger partial charge < -0.3 is 9.64 Å². The molecule has 1 aromatic carbocycles. The first-order valence-electron chi connectivity index (χ1n) is 11.7. The summed E-state index contributed by atoms with van der Waals surface area (Å²) in [5.74, 6) is 1.01. The molecule has 0 radical (unpaired) electrons. The number of hydrogen-bond acceptors (Lipinski definition) is 5. The number of rotatable bonds is 3. The Morgan fingerprint density at radius 3 is 2.41 bits per heavy atom. The SMILES string of the molecule is O=C1CCC(N2Cc3c(NC(=O)OC45CC6CC(CC(C6)C4)C5)cccc3C2=O)C(=O)N1. The summed E-state index contributed by atoms with van der Waals surface area (Å²) in [5.41, 5.74) is 1.36. The third-order valence-corrected chi connectivity index (χ3v) is 8.11. The molecule has 4 aliphatic carbocycles. The number of nitrogens with one attached hydrogen (secondary N) is 2. The summed E-state index contributed by atoms with van der Waals surface area (Å²) in [4.78, 5) is 51.1. The molecule has 168 valence electrons. The van der Waals surface area contributed by atoms with E-state index in [0.29, 0.717) is 41.0 Å². The topological polar surface area (TPSA) is 105 Å². The molecule has 2 heterocycles. The fourth-order valence-corrected chi connectivity index (χ4v) is 7.19. The molecule has 4 saturated carbocycles. The number of hydrogen-bond donors (Lipinski definition) is 2. The number of ether oxygens (including phenoxy) is 1. The Balaban J connectivity index is 1.18. The predicted molar refractivity (Wildman–Crippen MR) is 113 cm³/mol. The van der Waals surface area contributed by atoms with E-state index in [1.165, 1.54) is 24.2 Å². The quantitative estimate of drug-likeness (QED) is 0.708. The molecule has 2 N–H and O–H groups in total. The van der Waals surface area contributed by atoms with Gasteiger partial charge in [-0.1, -0.05) is 6.07 Å². The highest BCUT2D eigenvalue weighted by Crippen LogP contribution is 2.57. The first-order chi connectivity index (χ1) is 15.4. The summed E-state index contributed by atoms with van der Waals surface area (Å²) in [6, 6.07) is 4.52. The Labute approximate surface area is 186 Å². The average Bonchev–Trinajstić information content (AvgIpc) is 3.04. The summed E-state index contributed by atoms with van der Waals surface area (Å²) >= 11 is 0. The van der Waals surface area contributed by atoms with Crippen LogP contribution in [-0.2, 0) is 20.9 Å². The number of carbonyl (C=O) groups is 4. The van der Waals surface area contributed by atoms with Crippen LogP contribution in [0.5, 0.6) is 0 Å². The van der Waals surface area contributed by atoms with Gasteiger partial charge in [0.15, 0.2) is 0 Å². The van der Waals surface area contributed by atoms with E-state index in [1.54, 1.807) is 18.2 Å². The van der Waals surface area contributed by atoms with Crippen molar-refractivity contribution in [2.24, 2.45) is 17.8 Å². The zero-order valence-electron chi connectivity index (χ0n) is 17.9. The van der Waals surface area contributed by atoms with E-state index in [-0.39, 0.29) is 30.4 Å². The summed E-state index contributed by atoms with van der Waals surface area (Å²) in [6.07, 6.45) is 6.74. The van der Waals surface area contributed by atoms with E-state index < -0.39 is 18.0 Å². The number of fused-ring (bicyclic) bond motifs is 1. The van der Waals surface area contributed by atoms with Crippen LogP contribution in [0.3, 0.4) is 0 Å². The lowest BCUT2D eigenvalue weighted by Gasteiger charge is -2.55. The summed E-state index contributed by atoms with van der Waals surface area (Å²) in [7, 11) is 0. The Morgan fingerprint density at radius 1 is 1.06 bits per heavy atom. The molecule has 0 aromatic heterocycles. The number of imide groups is 1. The number of carbonyl (C=O) groups excluding carboxylic acids is 4. The molecule has 7 rings (SSSR count). The van der Waals surface area contributed by atoms with Crippen molar-refractivity contribution in [3.05, 3.63) is 29.3 Å². The molecular formula is C24H27N3O5. The molecule has 2 aliphatic heterocycles. The van der Waals surface area contributed by atoms with Crippen molar-refractivity contribution in [3.8, 4) is 0 Å². The van der Waals surface area contributed by atoms with Gasteiger partial charge in [-0.3, -0.25) is 25.0 Å². The number of nitrogens with zero attached hydrogens (tertiary/aromatic N) is 1. The van der Waals surface area contributed by atoms with Gasteiger partial charge >= 0.3 is 6.09 Å². The summed E-state index contributed by atoms with van der Waals surface area (Å²) < 4.78 is 6.06. The Bertz CT molecular complexity index is 999. The largest absolute Gasteiger partial charge is 0.443 e. The predicted octanol–water partition coefficient (Wildman–Crippen LogP) is 2.96. The molecule has 6 aliphatic rings. The van der Waals surface area contributed by atoms with Crippen LogP contribution >= 0.6 is 0 Å². The molecule has 1 unspecified atom stereocenters. The fourth-order valence-electron chi connectivity index (χ4n) is 7.19. The molecule has 1 atom stereocenters. The number of piperidine rings is 1. The van der Waals surface area contributed by atoms with Gasteiger partial charge in [-0.05, 0) is 74.8 Å². The maximum absolute atomic E-state index is 13.0. The zero-order valence-corrected chi connectivity index (χ0v) is 17.9. The minimum absolute atomic E-state index is 0.207. The van der Waals surface area contributed by atoms with E-state index in [1.807, 2.05) is 0 Å². The van der Waals surface area contributed by atoms with Gasteiger partial charge in [0.1, 0.15) is 11.6 Å². The fraction of sp³-hybridized carbons (Fsp3) is 0.583. The van der Waals surface area contributed by atoms with Crippen molar-refractivity contribution in [3.63, 3.8) is 0 Å². The highest BCUT2D eigenvalue weighted by molar-refractivity contribution is 6.06. The van der Waals surface area contributed by atoms with Gasteiger partial charge in [0.05, 0.1) is 0 Å². The monoisotopic (exact) mass is 437 g/mol. The van der Waals surface area contributed by atoms with E-state index in [9.17, 15) is 19.2 Å². The van der Waals surface area contributed by atoms with Gasteiger partial charge in [-0.25, -0.2) is 4.79 Å². The van der Waals surface area contributed by atoms with Crippen molar-refractivity contribution in [2.45, 2.75) is 69.6 Å². The number of amides is 4. The number of anilines is 1. The maximum atomic E-state index is 13.0. The van der Waals surface area contributed by atoms with Crippen LogP contribution in [0.4, 0.5) is 10.5 Å². The normalized spacial score (nSPS) is 35.0. The van der Waals surface area contributed by atoms with Crippen LogP contribution in [-0.4, -0.2) is 40.4 Å². The van der Waals surface area contributed by atoms with Gasteiger partial charge in [0.25, 0.3) is 5.91 Å². The van der Waals surface area contributed by atoms with E-state index in [0.717, 1.165) is 19.3 Å². The first kappa shape index (κ1) is 19.8. The van der Waals surface area contributed by atoms with Crippen molar-refractivity contribution in [1.29, 1.82) is 0 Å². The lowest BCUT2D eigenvalue weighted by atomic mass is 9.54. The van der Waals surface area contributed by atoms with Gasteiger partial charge in [0, 0.05) is 29.8 Å². The van der Waals surface area contributed by atoms with Gasteiger partial charge in [0.2, 0.25) is 11.8 Å². The smallest absolute Gasteiger partial charge is 0.412 e. The Hall–Kier alpha value is -2.90. The molecule has 1 aromatic rings. The standard InChI is InChI=1S/C24H27N3O5/c28-20-5-4-19(21(29)26-20)27-12-17-16(22(27)30)2-1-3-18(17)25-23(31)32-24-9-13-6-14(10-24)8-15(7-13)11-24/h1-3,13-15,19H,4-12H2,(H,25,31)(H,26,28,29). The molecule has 4 amide bonds. The first-order valence-corrected chi connectivity index (χ1v) is 11.7. The second kappa shape index (κ2) is 7.05. The van der Waals surface area contributed by atoms with Crippen molar-refractivity contribution in [2.75, 3.05) is 5.32 Å². The van der Waals surface area contributed by atoms with Crippen LogP contribution in [0.15, 0.2) is 18.2 Å². The van der Waals surface area contributed by atoms with Crippen molar-refractivity contribution >= 4 is 29.5 Å². The Morgan fingerprint density at radius 2 is 1.75 bits per heavy atom. The van der Waals surface area contributed by atoms with Crippen LogP contribution in [0.1, 0.15) is 67.3 Å². The molecule has 1 saturated heterocycles. The zero-order chi connectivity index (χ0) is 22.0. The maximum Gasteiger partial charge on any atom is 0.412 e. The second-order valence-corrected chi connectivity index (χ2v) is 10.3. The lowest BCUT2D eigenvalue weighted by Crippen LogP contribution is -2.53. The highest BCUT2D eigenvalue weighted by Gasteiger charge is 2.53. The minimum atomic E-state index is -0.681. The Kier molecular flexibility index (Phi) is 4.35. The second-order valence-electron chi connectivity index (χ2n) is 10.3. The molecule has 8 heteroatoms. The molecule has 4 bridgehead atoms. The van der Waals surface area contributed by atoms with Crippen LogP contribution in [0.25, 0.3) is 0 Å². The third kappa shape index (κ3) is 3.19. The molecule has 8 nitrogen and oxygen atoms in total. The van der Waals surface area contributed by atoms with E-state index in [2.05, 4.69) is 10.6 Å². The molecule has 5 fully saturated rings. The third-order valence-electron chi connectivity index (χ3n) is 8.11. The minimum Gasteiger partial charge on any atom is -0.443 e. The van der Waals surface area contributed by atoms with E-state index in [4.69, 9.17) is 4.74 Å². The van der Waals surface area contributed by atoms with Crippen molar-refractivity contribution < 1.29 is 23.9 Å². The summed E-state index contributed by atoms with van der Waals surface area (Å²) in [6.45, 7) is 0.217. The van der Waals surface area contributed by atoms with Crippen LogP contribution in [0.2, 0.25) is 0 Å². The molecular weight excluding hydrogens is 410 g/mol. The molecule has 0 spiro atoms. The average molecular weight is 437 g/mol. The van der Waals surface area contributed by atoms with E-state index >= 15 is 0 Å². The number of benzene rings is 1. The van der Waals surface area contributed by atoms with Crippen LogP contribution in [0, 0.1) is 17.8 Å². The van der Waals surface area contributed by atoms with Gasteiger partial charge in [-0.15, -0.1) is 0 Å². The van der Waals surface area contributed by atoms with Crippen LogP contribution < -0.4 is 10.6 Å². The van der Waals surface area contributed by atoms with Gasteiger partial charge in [-0.2, -0.15) is 0 Å². The molecule has 32 heavy (non-hydrogen) atoms. The lowest BCUT2D eigenvalue weighted by molar-refractivity contribution is -0.137. The highest BCUT2D eigenvalue weighted by atomic mass is 16.6. The summed E-state index contributed by atoms with van der Waals surface area (Å²) in [5, 5.41) is 5.20.